The first-order valence-corrected chi connectivity index (χ1v) is 8.20. The molecule has 0 amide bonds. The molecule has 0 saturated heterocycles. The number of benzene rings is 2. The normalized spacial score (nSPS) is 15.3. The van der Waals surface area contributed by atoms with Gasteiger partial charge in [0.15, 0.2) is 0 Å². The van der Waals surface area contributed by atoms with Crippen molar-refractivity contribution in [3.8, 4) is 0 Å². The lowest BCUT2D eigenvalue weighted by Gasteiger charge is -2.21. The monoisotopic (exact) mass is 394 g/mol. The lowest BCUT2D eigenvalue weighted by Crippen LogP contribution is -2.44. The first-order chi connectivity index (χ1) is 13.4. The number of aliphatic hydroxyl groups is 4. The van der Waals surface area contributed by atoms with E-state index < -0.39 is 36.6 Å². The molecule has 2 aromatic carbocycles. The largest absolute Gasteiger partial charge is 0.394 e. The van der Waals surface area contributed by atoms with Gasteiger partial charge in [0.1, 0.15) is 35.7 Å². The van der Waals surface area contributed by atoms with Crippen molar-refractivity contribution in [3.63, 3.8) is 0 Å². The Morgan fingerprint density at radius 1 is 0.929 bits per heavy atom. The molecule has 0 bridgehead atoms. The number of hydrogen-bond acceptors (Lipinski definition) is 8. The predicted molar refractivity (Wildman–Crippen MR) is 101 cm³/mol. The summed E-state index contributed by atoms with van der Waals surface area (Å²) in [5, 5.41) is 46.0. The Balaban J connectivity index is 2.22. The summed E-state index contributed by atoms with van der Waals surface area (Å²) in [5.74, 6) is -1.18. The van der Waals surface area contributed by atoms with Gasteiger partial charge in [-0.05, 0) is 24.3 Å². The average Bonchev–Trinajstić information content (AvgIpc) is 2.71. The van der Waals surface area contributed by atoms with Gasteiger partial charge in [0, 0.05) is 0 Å². The lowest BCUT2D eigenvalue weighted by atomic mass is 10.0. The number of nitrogens with zero attached hydrogens (tertiary/aromatic N) is 2. The van der Waals surface area contributed by atoms with E-state index in [0.717, 1.165) is 6.21 Å². The van der Waals surface area contributed by atoms with Gasteiger partial charge in [0.05, 0.1) is 24.2 Å². The number of rotatable bonds is 9. The fourth-order valence-corrected chi connectivity index (χ4v) is 2.06. The Kier molecular flexibility index (Phi) is 7.96. The topological polar surface area (TPSA) is 130 Å². The van der Waals surface area contributed by atoms with E-state index in [9.17, 15) is 24.1 Å². The number of hydrazone groups is 2. The summed E-state index contributed by atoms with van der Waals surface area (Å²) in [6.45, 7) is -0.809. The van der Waals surface area contributed by atoms with Crippen LogP contribution in [-0.2, 0) is 0 Å². The zero-order chi connectivity index (χ0) is 20.5. The Morgan fingerprint density at radius 2 is 1.46 bits per heavy atom. The van der Waals surface area contributed by atoms with Gasteiger partial charge in [0.2, 0.25) is 0 Å². The van der Waals surface area contributed by atoms with Crippen LogP contribution in [0, 0.1) is 11.6 Å². The van der Waals surface area contributed by atoms with Crippen molar-refractivity contribution in [1.29, 1.82) is 0 Å². The van der Waals surface area contributed by atoms with Gasteiger partial charge in [-0.2, -0.15) is 10.2 Å². The van der Waals surface area contributed by atoms with Crippen molar-refractivity contribution in [1.82, 2.24) is 0 Å². The minimum absolute atomic E-state index is 0.0140. The summed E-state index contributed by atoms with van der Waals surface area (Å²) in [7, 11) is 0. The van der Waals surface area contributed by atoms with Crippen LogP contribution in [0.3, 0.4) is 0 Å². The summed E-state index contributed by atoms with van der Waals surface area (Å²) in [6.07, 6.45) is -4.28. The van der Waals surface area contributed by atoms with Crippen molar-refractivity contribution in [2.24, 2.45) is 10.2 Å². The number of nitrogens with one attached hydrogen (secondary N) is 2. The summed E-state index contributed by atoms with van der Waals surface area (Å²) < 4.78 is 27.3. The molecule has 10 heteroatoms. The fraction of sp³-hybridized carbons (Fsp3) is 0.222. The Hall–Kier alpha value is -2.92. The predicted octanol–water partition coefficient (Wildman–Crippen LogP) is 0.906. The van der Waals surface area contributed by atoms with Gasteiger partial charge < -0.3 is 20.4 Å². The second-order valence-corrected chi connectivity index (χ2v) is 5.66. The summed E-state index contributed by atoms with van der Waals surface area (Å²) in [6, 6.07) is 11.3. The summed E-state index contributed by atoms with van der Waals surface area (Å²) in [4.78, 5) is 0. The molecule has 0 spiro atoms. The molecule has 6 N–H and O–H groups in total. The minimum atomic E-state index is -1.80. The molecule has 0 aliphatic rings. The third-order valence-corrected chi connectivity index (χ3v) is 3.64. The maximum atomic E-state index is 13.7. The van der Waals surface area contributed by atoms with E-state index in [1.54, 1.807) is 12.1 Å². The van der Waals surface area contributed by atoms with Gasteiger partial charge in [-0.1, -0.05) is 24.3 Å². The molecule has 0 fully saturated rings. The molecule has 1 unspecified atom stereocenters. The maximum absolute atomic E-state index is 13.7. The van der Waals surface area contributed by atoms with Crippen molar-refractivity contribution in [3.05, 3.63) is 60.2 Å². The van der Waals surface area contributed by atoms with E-state index in [2.05, 4.69) is 21.1 Å². The zero-order valence-corrected chi connectivity index (χ0v) is 14.6. The Morgan fingerprint density at radius 3 is 2.00 bits per heavy atom. The third-order valence-electron chi connectivity index (χ3n) is 3.64. The average molecular weight is 394 g/mol. The van der Waals surface area contributed by atoms with Gasteiger partial charge in [-0.25, -0.2) is 8.78 Å². The maximum Gasteiger partial charge on any atom is 0.148 e. The van der Waals surface area contributed by atoms with Crippen LogP contribution < -0.4 is 10.9 Å². The van der Waals surface area contributed by atoms with Crippen molar-refractivity contribution in [2.45, 2.75) is 18.3 Å². The van der Waals surface area contributed by atoms with Crippen LogP contribution in [0.2, 0.25) is 0 Å². The number of halogens is 2. The quantitative estimate of drug-likeness (QED) is 0.277. The second-order valence-electron chi connectivity index (χ2n) is 5.66. The SMILES string of the molecule is OC[C@@H](O)[C@@H](O)C(O)C(/C=N/Nc1ccccc1F)=N\Nc1ccccc1F. The lowest BCUT2D eigenvalue weighted by molar-refractivity contribution is -0.0548. The van der Waals surface area contributed by atoms with E-state index in [4.69, 9.17) is 5.11 Å². The summed E-state index contributed by atoms with van der Waals surface area (Å²) in [5.41, 5.74) is 4.49. The van der Waals surface area contributed by atoms with Crippen LogP contribution >= 0.6 is 0 Å². The van der Waals surface area contributed by atoms with E-state index in [1.165, 1.54) is 36.4 Å². The molecule has 0 aromatic heterocycles. The minimum Gasteiger partial charge on any atom is -0.394 e. The molecule has 2 rings (SSSR count). The van der Waals surface area contributed by atoms with Crippen molar-refractivity contribution >= 4 is 23.3 Å². The van der Waals surface area contributed by atoms with E-state index in [0.29, 0.717) is 0 Å². The van der Waals surface area contributed by atoms with Crippen LogP contribution in [0.25, 0.3) is 0 Å². The van der Waals surface area contributed by atoms with Gasteiger partial charge in [0.25, 0.3) is 0 Å². The second kappa shape index (κ2) is 10.4. The molecular formula is C18H20F2N4O4. The number of hydrogen-bond donors (Lipinski definition) is 6. The molecule has 0 aliphatic carbocycles. The fourth-order valence-electron chi connectivity index (χ4n) is 2.06. The molecule has 0 radical (unpaired) electrons. The Labute approximate surface area is 159 Å². The smallest absolute Gasteiger partial charge is 0.148 e. The molecule has 8 nitrogen and oxygen atoms in total. The molecular weight excluding hydrogens is 374 g/mol. The first-order valence-electron chi connectivity index (χ1n) is 8.20. The van der Waals surface area contributed by atoms with E-state index >= 15 is 0 Å². The van der Waals surface area contributed by atoms with Gasteiger partial charge in [-0.3, -0.25) is 10.9 Å². The van der Waals surface area contributed by atoms with Crippen LogP contribution in [0.1, 0.15) is 0 Å². The van der Waals surface area contributed by atoms with Crippen LogP contribution in [0.4, 0.5) is 20.2 Å². The van der Waals surface area contributed by atoms with Crippen molar-refractivity contribution < 1.29 is 29.2 Å². The number of para-hydroxylation sites is 2. The highest BCUT2D eigenvalue weighted by Crippen LogP contribution is 2.14. The highest BCUT2D eigenvalue weighted by molar-refractivity contribution is 6.33. The van der Waals surface area contributed by atoms with Gasteiger partial charge in [-0.15, -0.1) is 0 Å². The molecule has 150 valence electrons. The molecule has 0 heterocycles. The van der Waals surface area contributed by atoms with Crippen molar-refractivity contribution in [2.75, 3.05) is 17.5 Å². The van der Waals surface area contributed by atoms with Crippen LogP contribution in [0.15, 0.2) is 58.7 Å². The standard InChI is InChI=1S/C18H20F2N4O4/c19-11-5-1-3-7-13(11)22-21-9-15(17(27)18(28)16(26)10-25)24-23-14-8-4-2-6-12(14)20/h1-9,16-18,22-23,25-28H,10H2/b21-9+,24-15-/t16-,17?,18-/m1/s1. The molecule has 3 atom stereocenters. The van der Waals surface area contributed by atoms with E-state index in [-0.39, 0.29) is 17.1 Å². The highest BCUT2D eigenvalue weighted by Gasteiger charge is 2.28. The van der Waals surface area contributed by atoms with Gasteiger partial charge >= 0.3 is 0 Å². The number of aliphatic hydroxyl groups excluding tert-OH is 4. The molecule has 0 saturated carbocycles. The van der Waals surface area contributed by atoms with Crippen LogP contribution in [-0.4, -0.2) is 57.3 Å². The Bertz CT molecular complexity index is 835. The molecule has 0 aliphatic heterocycles. The van der Waals surface area contributed by atoms with Crippen LogP contribution in [0.5, 0.6) is 0 Å². The zero-order valence-electron chi connectivity index (χ0n) is 14.6. The molecule has 28 heavy (non-hydrogen) atoms. The molecule has 2 aromatic rings. The first kappa shape index (κ1) is 21.4. The summed E-state index contributed by atoms with van der Waals surface area (Å²) >= 11 is 0. The van der Waals surface area contributed by atoms with E-state index in [1.807, 2.05) is 0 Å². The number of anilines is 2. The third kappa shape index (κ3) is 5.79. The highest BCUT2D eigenvalue weighted by atomic mass is 19.1.